The quantitative estimate of drug-likeness (QED) is 0.773. The topological polar surface area (TPSA) is 26.3 Å². The number of halogens is 2. The molecule has 2 rings (SSSR count). The number of carbonyl (C=O) groups excluding carboxylic acids is 1. The Bertz CT molecular complexity index is 609. The smallest absolute Gasteiger partial charge is 0.200 e. The largest absolute Gasteiger partial charge is 0.485 e. The number of ether oxygens (including phenoxy) is 1. The molecule has 2 aromatic rings. The number of aryl methyl sites for hydroxylation is 1. The third kappa shape index (κ3) is 3.49. The molecule has 0 aliphatic rings. The average Bonchev–Trinajstić information content (AvgIpc) is 2.40. The van der Waals surface area contributed by atoms with E-state index in [4.69, 9.17) is 27.9 Å². The Kier molecular flexibility index (Phi) is 4.46. The van der Waals surface area contributed by atoms with Crippen molar-refractivity contribution in [1.29, 1.82) is 0 Å². The third-order valence-corrected chi connectivity index (χ3v) is 3.43. The Balaban J connectivity index is 2.05. The molecule has 2 aromatic carbocycles. The molecule has 0 atom stereocenters. The molecular weight excluding hydrogens is 283 g/mol. The van der Waals surface area contributed by atoms with Crippen molar-refractivity contribution < 1.29 is 9.53 Å². The van der Waals surface area contributed by atoms with Gasteiger partial charge >= 0.3 is 0 Å². The minimum absolute atomic E-state index is 0.0250. The number of rotatable bonds is 4. The number of ketones is 1. The van der Waals surface area contributed by atoms with Crippen molar-refractivity contribution in [1.82, 2.24) is 0 Å². The molecule has 4 heteroatoms. The molecule has 0 saturated heterocycles. The predicted molar refractivity (Wildman–Crippen MR) is 77.5 cm³/mol. The highest BCUT2D eigenvalue weighted by atomic mass is 35.5. The summed E-state index contributed by atoms with van der Waals surface area (Å²) in [6.45, 7) is 1.90. The van der Waals surface area contributed by atoms with E-state index in [-0.39, 0.29) is 12.4 Å². The lowest BCUT2D eigenvalue weighted by molar-refractivity contribution is 0.0921. The summed E-state index contributed by atoms with van der Waals surface area (Å²) in [6.07, 6.45) is 0. The van der Waals surface area contributed by atoms with Gasteiger partial charge < -0.3 is 4.74 Å². The summed E-state index contributed by atoms with van der Waals surface area (Å²) >= 11 is 11.7. The molecule has 0 radical (unpaired) electrons. The van der Waals surface area contributed by atoms with Gasteiger partial charge in [0.05, 0.1) is 10.0 Å². The van der Waals surface area contributed by atoms with Gasteiger partial charge in [-0.3, -0.25) is 4.79 Å². The minimum Gasteiger partial charge on any atom is -0.485 e. The zero-order valence-electron chi connectivity index (χ0n) is 10.3. The van der Waals surface area contributed by atoms with Gasteiger partial charge in [-0.15, -0.1) is 0 Å². The molecule has 0 heterocycles. The standard InChI is InChI=1S/C15H12Cl2O2/c1-10-4-2-3-5-15(10)19-9-14(18)11-6-7-12(16)13(17)8-11/h2-8H,9H2,1H3. The zero-order chi connectivity index (χ0) is 13.8. The molecule has 0 amide bonds. The van der Waals surface area contributed by atoms with Crippen LogP contribution in [0, 0.1) is 6.92 Å². The summed E-state index contributed by atoms with van der Waals surface area (Å²) in [4.78, 5) is 12.0. The maximum atomic E-state index is 12.0. The van der Waals surface area contributed by atoms with Crippen molar-refractivity contribution in [2.45, 2.75) is 6.92 Å². The predicted octanol–water partition coefficient (Wildman–Crippen LogP) is 4.56. The van der Waals surface area contributed by atoms with Gasteiger partial charge in [0, 0.05) is 5.56 Å². The van der Waals surface area contributed by atoms with Gasteiger partial charge in [0.2, 0.25) is 0 Å². The molecule has 0 saturated carbocycles. The second kappa shape index (κ2) is 6.09. The molecule has 0 bridgehead atoms. The number of hydrogen-bond acceptors (Lipinski definition) is 2. The number of Topliss-reactive ketones (excluding diaryl/α,β-unsaturated/α-hetero) is 1. The molecule has 0 unspecified atom stereocenters. The van der Waals surface area contributed by atoms with Crippen molar-refractivity contribution in [2.75, 3.05) is 6.61 Å². The van der Waals surface area contributed by atoms with E-state index in [0.717, 1.165) is 5.56 Å². The van der Waals surface area contributed by atoms with E-state index in [2.05, 4.69) is 0 Å². The Hall–Kier alpha value is -1.51. The molecule has 2 nitrogen and oxygen atoms in total. The average molecular weight is 295 g/mol. The highest BCUT2D eigenvalue weighted by Crippen LogP contribution is 2.23. The molecule has 0 aliphatic carbocycles. The molecule has 0 N–H and O–H groups in total. The number of benzene rings is 2. The first-order valence-corrected chi connectivity index (χ1v) is 6.50. The van der Waals surface area contributed by atoms with Crippen LogP contribution in [0.5, 0.6) is 5.75 Å². The van der Waals surface area contributed by atoms with Gasteiger partial charge in [-0.2, -0.15) is 0 Å². The van der Waals surface area contributed by atoms with E-state index in [1.54, 1.807) is 18.2 Å². The van der Waals surface area contributed by atoms with E-state index in [1.807, 2.05) is 31.2 Å². The Morgan fingerprint density at radius 3 is 2.53 bits per heavy atom. The SMILES string of the molecule is Cc1ccccc1OCC(=O)c1ccc(Cl)c(Cl)c1. The summed E-state index contributed by atoms with van der Waals surface area (Å²) < 4.78 is 5.50. The summed E-state index contributed by atoms with van der Waals surface area (Å²) in [5.74, 6) is 0.567. The van der Waals surface area contributed by atoms with Crippen LogP contribution in [0.2, 0.25) is 10.0 Å². The number of carbonyl (C=O) groups is 1. The van der Waals surface area contributed by atoms with Crippen LogP contribution in [-0.2, 0) is 0 Å². The van der Waals surface area contributed by atoms with Gasteiger partial charge in [-0.1, -0.05) is 41.4 Å². The number of para-hydroxylation sites is 1. The lowest BCUT2D eigenvalue weighted by atomic mass is 10.1. The monoisotopic (exact) mass is 294 g/mol. The Labute approximate surface area is 121 Å². The third-order valence-electron chi connectivity index (χ3n) is 2.69. The molecule has 0 aromatic heterocycles. The first-order valence-electron chi connectivity index (χ1n) is 5.74. The summed E-state index contributed by atoms with van der Waals surface area (Å²) in [5.41, 5.74) is 1.48. The normalized spacial score (nSPS) is 10.3. The summed E-state index contributed by atoms with van der Waals surface area (Å²) in [5, 5.41) is 0.793. The lowest BCUT2D eigenvalue weighted by Crippen LogP contribution is -2.12. The van der Waals surface area contributed by atoms with Crippen LogP contribution in [0.3, 0.4) is 0 Å². The maximum absolute atomic E-state index is 12.0. The van der Waals surface area contributed by atoms with Gasteiger partial charge in [0.25, 0.3) is 0 Å². The van der Waals surface area contributed by atoms with E-state index >= 15 is 0 Å². The minimum atomic E-state index is -0.137. The Morgan fingerprint density at radius 2 is 1.84 bits per heavy atom. The summed E-state index contributed by atoms with van der Waals surface area (Å²) in [6, 6.07) is 12.3. The van der Waals surface area contributed by atoms with Gasteiger partial charge in [-0.25, -0.2) is 0 Å². The fraction of sp³-hybridized carbons (Fsp3) is 0.133. The van der Waals surface area contributed by atoms with Crippen LogP contribution >= 0.6 is 23.2 Å². The van der Waals surface area contributed by atoms with Gasteiger partial charge in [0.15, 0.2) is 12.4 Å². The first-order chi connectivity index (χ1) is 9.08. The van der Waals surface area contributed by atoms with E-state index < -0.39 is 0 Å². The molecule has 98 valence electrons. The van der Waals surface area contributed by atoms with Gasteiger partial charge in [0.1, 0.15) is 5.75 Å². The van der Waals surface area contributed by atoms with Gasteiger partial charge in [-0.05, 0) is 36.8 Å². The molecule has 0 aliphatic heterocycles. The molecule has 19 heavy (non-hydrogen) atoms. The molecular formula is C15H12Cl2O2. The van der Waals surface area contributed by atoms with E-state index in [1.165, 1.54) is 0 Å². The maximum Gasteiger partial charge on any atom is 0.200 e. The zero-order valence-corrected chi connectivity index (χ0v) is 11.8. The van der Waals surface area contributed by atoms with Crippen LogP contribution in [0.1, 0.15) is 15.9 Å². The molecule has 0 fully saturated rings. The van der Waals surface area contributed by atoms with E-state index in [0.29, 0.717) is 21.4 Å². The van der Waals surface area contributed by atoms with Crippen LogP contribution in [-0.4, -0.2) is 12.4 Å². The van der Waals surface area contributed by atoms with Crippen LogP contribution in [0.25, 0.3) is 0 Å². The highest BCUT2D eigenvalue weighted by molar-refractivity contribution is 6.42. The van der Waals surface area contributed by atoms with Crippen molar-refractivity contribution in [2.24, 2.45) is 0 Å². The van der Waals surface area contributed by atoms with E-state index in [9.17, 15) is 4.79 Å². The molecule has 0 spiro atoms. The second-order valence-corrected chi connectivity index (χ2v) is 4.92. The van der Waals surface area contributed by atoms with Crippen molar-refractivity contribution in [3.05, 3.63) is 63.6 Å². The van der Waals surface area contributed by atoms with Crippen LogP contribution in [0.4, 0.5) is 0 Å². The van der Waals surface area contributed by atoms with Crippen LogP contribution < -0.4 is 4.74 Å². The highest BCUT2D eigenvalue weighted by Gasteiger charge is 2.09. The Morgan fingerprint density at radius 1 is 1.11 bits per heavy atom. The second-order valence-electron chi connectivity index (χ2n) is 4.11. The fourth-order valence-corrected chi connectivity index (χ4v) is 1.91. The first kappa shape index (κ1) is 13.9. The summed E-state index contributed by atoms with van der Waals surface area (Å²) in [7, 11) is 0. The van der Waals surface area contributed by atoms with Crippen molar-refractivity contribution in [3.63, 3.8) is 0 Å². The number of hydrogen-bond donors (Lipinski definition) is 0. The fourth-order valence-electron chi connectivity index (χ4n) is 1.61. The van der Waals surface area contributed by atoms with Crippen molar-refractivity contribution >= 4 is 29.0 Å². The van der Waals surface area contributed by atoms with Crippen molar-refractivity contribution in [3.8, 4) is 5.75 Å². The van der Waals surface area contributed by atoms with Crippen LogP contribution in [0.15, 0.2) is 42.5 Å². The lowest BCUT2D eigenvalue weighted by Gasteiger charge is -2.08.